The van der Waals surface area contributed by atoms with Crippen LogP contribution in [0.2, 0.25) is 0 Å². The summed E-state index contributed by atoms with van der Waals surface area (Å²) < 4.78 is 16.2. The zero-order valence-electron chi connectivity index (χ0n) is 17.3. The molecular formula is C22H26N2O6. The summed E-state index contributed by atoms with van der Waals surface area (Å²) in [6, 6.07) is 8.79. The molecule has 30 heavy (non-hydrogen) atoms. The second kappa shape index (κ2) is 10.1. The first-order chi connectivity index (χ1) is 14.5. The number of nitrogens with one attached hydrogen (secondary N) is 1. The van der Waals surface area contributed by atoms with E-state index in [0.29, 0.717) is 29.9 Å². The predicted octanol–water partition coefficient (Wildman–Crippen LogP) is 3.03. The van der Waals surface area contributed by atoms with Crippen molar-refractivity contribution in [3.8, 4) is 11.5 Å². The summed E-state index contributed by atoms with van der Waals surface area (Å²) in [4.78, 5) is 33.0. The number of hydrogen-bond donors (Lipinski definition) is 1. The van der Waals surface area contributed by atoms with Crippen LogP contribution in [0.1, 0.15) is 48.0 Å². The molecule has 1 fully saturated rings. The van der Waals surface area contributed by atoms with Crippen molar-refractivity contribution in [3.63, 3.8) is 0 Å². The van der Waals surface area contributed by atoms with E-state index in [9.17, 15) is 9.59 Å². The van der Waals surface area contributed by atoms with Gasteiger partial charge in [-0.25, -0.2) is 4.79 Å². The van der Waals surface area contributed by atoms with Crippen LogP contribution in [-0.4, -0.2) is 43.3 Å². The molecule has 8 heteroatoms. The lowest BCUT2D eigenvalue weighted by atomic mass is 9.79. The quantitative estimate of drug-likeness (QED) is 0.546. The normalized spacial score (nSPS) is 20.8. The number of ether oxygens (including phenoxy) is 3. The lowest BCUT2D eigenvalue weighted by Gasteiger charge is -2.36. The lowest BCUT2D eigenvalue weighted by molar-refractivity contribution is -0.149. The van der Waals surface area contributed by atoms with Crippen molar-refractivity contribution in [1.29, 1.82) is 0 Å². The van der Waals surface area contributed by atoms with Gasteiger partial charge in [-0.15, -0.1) is 5.48 Å². The molecule has 8 nitrogen and oxygen atoms in total. The van der Waals surface area contributed by atoms with Crippen molar-refractivity contribution in [1.82, 2.24) is 10.5 Å². The van der Waals surface area contributed by atoms with Crippen molar-refractivity contribution in [2.24, 2.45) is 0 Å². The Balaban J connectivity index is 1.78. The van der Waals surface area contributed by atoms with Crippen LogP contribution >= 0.6 is 0 Å². The third kappa shape index (κ3) is 5.27. The average Bonchev–Trinajstić information content (AvgIpc) is 2.77. The fourth-order valence-corrected chi connectivity index (χ4v) is 3.76. The van der Waals surface area contributed by atoms with E-state index in [1.54, 1.807) is 32.5 Å². The Morgan fingerprint density at radius 2 is 1.90 bits per heavy atom. The maximum Gasteiger partial charge on any atom is 0.358 e. The molecule has 3 rings (SSSR count). The summed E-state index contributed by atoms with van der Waals surface area (Å²) in [7, 11) is 3.18. The maximum absolute atomic E-state index is 12.3. The van der Waals surface area contributed by atoms with E-state index in [4.69, 9.17) is 19.0 Å². The molecule has 0 aliphatic heterocycles. The SMILES string of the molecule is COc1ccc(C2CCC(OC(C)=O)CC2NOC(=O)c2cccnc2)cc1OC. The molecule has 1 aliphatic carbocycles. The van der Waals surface area contributed by atoms with Crippen LogP contribution in [-0.2, 0) is 14.4 Å². The Kier molecular flexibility index (Phi) is 7.24. The van der Waals surface area contributed by atoms with Crippen LogP contribution < -0.4 is 15.0 Å². The Morgan fingerprint density at radius 3 is 2.57 bits per heavy atom. The summed E-state index contributed by atoms with van der Waals surface area (Å²) in [5, 5.41) is 0. The molecule has 2 aromatic rings. The Bertz CT molecular complexity index is 873. The number of benzene rings is 1. The molecule has 1 aliphatic rings. The fraction of sp³-hybridized carbons (Fsp3) is 0.409. The third-order valence-electron chi connectivity index (χ3n) is 5.17. The van der Waals surface area contributed by atoms with Crippen molar-refractivity contribution in [3.05, 3.63) is 53.9 Å². The van der Waals surface area contributed by atoms with Gasteiger partial charge in [0.15, 0.2) is 11.5 Å². The smallest absolute Gasteiger partial charge is 0.358 e. The molecule has 0 amide bonds. The molecule has 3 atom stereocenters. The number of nitrogens with zero attached hydrogens (tertiary/aromatic N) is 1. The molecule has 0 bridgehead atoms. The van der Waals surface area contributed by atoms with E-state index in [2.05, 4.69) is 10.5 Å². The number of esters is 1. The Morgan fingerprint density at radius 1 is 1.10 bits per heavy atom. The van der Waals surface area contributed by atoms with E-state index in [1.807, 2.05) is 18.2 Å². The first-order valence-electron chi connectivity index (χ1n) is 9.77. The minimum atomic E-state index is -0.524. The Labute approximate surface area is 175 Å². The van der Waals surface area contributed by atoms with Crippen LogP contribution in [0.25, 0.3) is 0 Å². The number of aromatic nitrogens is 1. The van der Waals surface area contributed by atoms with Gasteiger partial charge in [-0.2, -0.15) is 0 Å². The monoisotopic (exact) mass is 414 g/mol. The van der Waals surface area contributed by atoms with Gasteiger partial charge in [0.05, 0.1) is 25.8 Å². The van der Waals surface area contributed by atoms with Crippen molar-refractivity contribution in [2.75, 3.05) is 14.2 Å². The van der Waals surface area contributed by atoms with Gasteiger partial charge in [0, 0.05) is 31.7 Å². The highest BCUT2D eigenvalue weighted by Crippen LogP contribution is 2.38. The largest absolute Gasteiger partial charge is 0.493 e. The van der Waals surface area contributed by atoms with E-state index in [0.717, 1.165) is 12.0 Å². The number of hydroxylamine groups is 1. The molecular weight excluding hydrogens is 388 g/mol. The lowest BCUT2D eigenvalue weighted by Crippen LogP contribution is -2.43. The predicted molar refractivity (Wildman–Crippen MR) is 108 cm³/mol. The van der Waals surface area contributed by atoms with Crippen LogP contribution in [0, 0.1) is 0 Å². The number of pyridine rings is 1. The van der Waals surface area contributed by atoms with Crippen LogP contribution in [0.15, 0.2) is 42.7 Å². The van der Waals surface area contributed by atoms with E-state index in [-0.39, 0.29) is 24.0 Å². The third-order valence-corrected chi connectivity index (χ3v) is 5.17. The number of rotatable bonds is 7. The highest BCUT2D eigenvalue weighted by molar-refractivity contribution is 5.88. The molecule has 160 valence electrons. The van der Waals surface area contributed by atoms with Gasteiger partial charge in [0.2, 0.25) is 0 Å². The highest BCUT2D eigenvalue weighted by Gasteiger charge is 2.34. The molecule has 0 saturated heterocycles. The second-order valence-electron chi connectivity index (χ2n) is 7.12. The van der Waals surface area contributed by atoms with Gasteiger partial charge in [-0.3, -0.25) is 9.78 Å². The average molecular weight is 414 g/mol. The fourth-order valence-electron chi connectivity index (χ4n) is 3.76. The topological polar surface area (TPSA) is 96.0 Å². The molecule has 1 N–H and O–H groups in total. The molecule has 1 heterocycles. The molecule has 1 aromatic carbocycles. The second-order valence-corrected chi connectivity index (χ2v) is 7.12. The van der Waals surface area contributed by atoms with E-state index >= 15 is 0 Å². The van der Waals surface area contributed by atoms with Gasteiger partial charge in [-0.05, 0) is 42.7 Å². The van der Waals surface area contributed by atoms with Crippen molar-refractivity contribution >= 4 is 11.9 Å². The van der Waals surface area contributed by atoms with Crippen molar-refractivity contribution in [2.45, 2.75) is 44.2 Å². The van der Waals surface area contributed by atoms with Gasteiger partial charge in [0.1, 0.15) is 6.10 Å². The minimum absolute atomic E-state index is 0.0262. The number of carbonyl (C=O) groups excluding carboxylic acids is 2. The van der Waals surface area contributed by atoms with E-state index in [1.165, 1.54) is 13.1 Å². The van der Waals surface area contributed by atoms with Gasteiger partial charge in [-0.1, -0.05) is 6.07 Å². The van der Waals surface area contributed by atoms with Crippen LogP contribution in [0.4, 0.5) is 0 Å². The standard InChI is InChI=1S/C22H26N2O6/c1-14(25)29-17-7-8-18(15-6-9-20(27-2)21(11-15)28-3)19(12-17)24-30-22(26)16-5-4-10-23-13-16/h4-6,9-11,13,17-19,24H,7-8,12H2,1-3H3. The zero-order valence-corrected chi connectivity index (χ0v) is 17.3. The molecule has 1 aromatic heterocycles. The molecule has 0 spiro atoms. The summed E-state index contributed by atoms with van der Waals surface area (Å²) in [5.74, 6) is 0.448. The molecule has 3 unspecified atom stereocenters. The van der Waals surface area contributed by atoms with Crippen LogP contribution in [0.3, 0.4) is 0 Å². The highest BCUT2D eigenvalue weighted by atomic mass is 16.7. The van der Waals surface area contributed by atoms with Gasteiger partial charge in [0.25, 0.3) is 0 Å². The van der Waals surface area contributed by atoms with Gasteiger partial charge < -0.3 is 19.0 Å². The summed E-state index contributed by atoms with van der Waals surface area (Å²) >= 11 is 0. The zero-order chi connectivity index (χ0) is 21.5. The van der Waals surface area contributed by atoms with Gasteiger partial charge >= 0.3 is 11.9 Å². The number of hydrogen-bond acceptors (Lipinski definition) is 8. The molecule has 1 saturated carbocycles. The summed E-state index contributed by atoms with van der Waals surface area (Å²) in [5.41, 5.74) is 4.26. The Hall–Kier alpha value is -3.13. The summed E-state index contributed by atoms with van der Waals surface area (Å²) in [6.45, 7) is 1.39. The summed E-state index contributed by atoms with van der Waals surface area (Å²) in [6.07, 6.45) is 4.76. The minimum Gasteiger partial charge on any atom is -0.493 e. The first kappa shape index (κ1) is 21.6. The molecule has 0 radical (unpaired) electrons. The number of methoxy groups -OCH3 is 2. The van der Waals surface area contributed by atoms with Crippen LogP contribution in [0.5, 0.6) is 11.5 Å². The first-order valence-corrected chi connectivity index (χ1v) is 9.77. The van der Waals surface area contributed by atoms with Crippen molar-refractivity contribution < 1.29 is 28.6 Å². The number of carbonyl (C=O) groups is 2. The van der Waals surface area contributed by atoms with E-state index < -0.39 is 5.97 Å². The maximum atomic E-state index is 12.3.